The number of nitro groups is 2. The quantitative estimate of drug-likeness (QED) is 0.409. The van der Waals surface area contributed by atoms with Crippen LogP contribution in [0.5, 0.6) is 0 Å². The van der Waals surface area contributed by atoms with Crippen molar-refractivity contribution in [3.8, 4) is 0 Å². The van der Waals surface area contributed by atoms with Crippen molar-refractivity contribution in [1.82, 2.24) is 10.7 Å². The Labute approximate surface area is 59.0 Å². The number of rotatable bonds is 2. The number of hydrogen-bond donors (Lipinski definition) is 1. The van der Waals surface area contributed by atoms with Crippen LogP contribution in [-0.2, 0) is 4.94 Å². The van der Waals surface area contributed by atoms with Crippen LogP contribution >= 0.6 is 0 Å². The lowest BCUT2D eigenvalue weighted by Gasteiger charge is -1.95. The molecule has 0 aromatic carbocycles. The van der Waals surface area contributed by atoms with Crippen molar-refractivity contribution in [3.63, 3.8) is 0 Å². The largest absolute Gasteiger partial charge is 0.444 e. The normalized spacial score (nSPS) is 15.6. The van der Waals surface area contributed by atoms with E-state index in [-0.39, 0.29) is 5.17 Å². The maximum atomic E-state index is 9.99. The molecule has 0 aromatic heterocycles. The molecule has 0 saturated heterocycles. The van der Waals surface area contributed by atoms with Gasteiger partial charge in [-0.2, -0.15) is 0 Å². The van der Waals surface area contributed by atoms with Gasteiger partial charge in [0, 0.05) is 0 Å². The van der Waals surface area contributed by atoms with Crippen LogP contribution in [0.1, 0.15) is 0 Å². The molecule has 0 fully saturated rings. The average molecular weight is 162 g/mol. The number of nitrogens with zero attached hydrogens (tertiary/aromatic N) is 3. The predicted octanol–water partition coefficient (Wildman–Crippen LogP) is -0.995. The number of hydroxylamine groups is 2. The highest BCUT2D eigenvalue weighted by molar-refractivity contribution is 4.84. The minimum absolute atomic E-state index is 0.0833. The van der Waals surface area contributed by atoms with Crippen molar-refractivity contribution in [1.29, 1.82) is 0 Å². The van der Waals surface area contributed by atoms with Crippen molar-refractivity contribution in [2.24, 2.45) is 0 Å². The summed E-state index contributed by atoms with van der Waals surface area (Å²) < 4.78 is 0. The maximum Gasteiger partial charge on any atom is 0.444 e. The van der Waals surface area contributed by atoms with E-state index in [1.54, 1.807) is 0 Å². The van der Waals surface area contributed by atoms with Gasteiger partial charge in [0.1, 0.15) is 6.20 Å². The summed E-state index contributed by atoms with van der Waals surface area (Å²) in [5, 5.41) is 18.8. The minimum atomic E-state index is -1.06. The van der Waals surface area contributed by atoms with Crippen LogP contribution in [0.25, 0.3) is 0 Å². The van der Waals surface area contributed by atoms with Crippen LogP contribution in [-0.4, -0.2) is 15.1 Å². The Morgan fingerprint density at radius 1 is 1.55 bits per heavy atom. The van der Waals surface area contributed by atoms with Crippen molar-refractivity contribution >= 4 is 0 Å². The summed E-state index contributed by atoms with van der Waals surface area (Å²) in [4.78, 5) is 23.0. The maximum absolute atomic E-state index is 9.99. The van der Waals surface area contributed by atoms with Gasteiger partial charge in [-0.15, -0.1) is 0 Å². The molecule has 0 atom stereocenters. The molecule has 0 saturated carbocycles. The Balaban J connectivity index is 2.79. The molecule has 11 heavy (non-hydrogen) atoms. The second-order valence-corrected chi connectivity index (χ2v) is 1.48. The van der Waals surface area contributed by atoms with Gasteiger partial charge in [0.05, 0.1) is 0 Å². The summed E-state index contributed by atoms with van der Waals surface area (Å²) in [6.45, 7) is 0. The van der Waals surface area contributed by atoms with E-state index in [0.717, 1.165) is 6.20 Å². The monoisotopic (exact) mass is 162 g/mol. The van der Waals surface area contributed by atoms with E-state index in [1.807, 2.05) is 5.48 Å². The summed E-state index contributed by atoms with van der Waals surface area (Å²) >= 11 is 0. The number of hydrogen-bond acceptors (Lipinski definition) is 6. The van der Waals surface area contributed by atoms with E-state index in [1.165, 1.54) is 0 Å². The highest BCUT2D eigenvalue weighted by Gasteiger charge is 2.40. The second kappa shape index (κ2) is 2.38. The fourth-order valence-corrected chi connectivity index (χ4v) is 0.471. The van der Waals surface area contributed by atoms with Gasteiger partial charge < -0.3 is 10.1 Å². The zero-order valence-corrected chi connectivity index (χ0v) is 4.96. The molecule has 1 N–H and O–H groups in total. The van der Waals surface area contributed by atoms with Gasteiger partial charge in [-0.3, -0.25) is 0 Å². The summed E-state index contributed by atoms with van der Waals surface area (Å²) in [5.74, 6) is -0.769. The van der Waals surface area contributed by atoms with Crippen LogP contribution in [0.15, 0.2) is 12.0 Å². The molecule has 0 aliphatic carbocycles. The molecule has 0 spiro atoms. The molecular weight excluding hydrogens is 160 g/mol. The highest BCUT2D eigenvalue weighted by Crippen LogP contribution is 2.08. The number of nitrogens with one attached hydrogen (secondary N) is 1. The molecule has 0 aromatic rings. The van der Waals surface area contributed by atoms with Gasteiger partial charge in [-0.25, -0.2) is 15.6 Å². The smallest absolute Gasteiger partial charge is 0.358 e. The van der Waals surface area contributed by atoms with Crippen LogP contribution in [0.2, 0.25) is 0 Å². The molecule has 0 unspecified atom stereocenters. The molecule has 1 heterocycles. The lowest BCUT2D eigenvalue weighted by molar-refractivity contribution is -0.749. The first-order valence-electron chi connectivity index (χ1n) is 2.34. The van der Waals surface area contributed by atoms with E-state index in [9.17, 15) is 20.2 Å². The average Bonchev–Trinajstić information content (AvgIpc) is 2.32. The Hall–Kier alpha value is -1.90. The third-order valence-electron chi connectivity index (χ3n) is 0.859. The topological polar surface area (TPSA) is 111 Å². The lowest BCUT2D eigenvalue weighted by Crippen LogP contribution is -2.30. The van der Waals surface area contributed by atoms with Gasteiger partial charge in [-0.1, -0.05) is 0 Å². The Morgan fingerprint density at radius 2 is 2.18 bits per heavy atom. The molecule has 1 aliphatic rings. The Bertz CT molecular complexity index is 235. The number of hydrazine groups is 1. The first kappa shape index (κ1) is 7.21. The standard InChI is InChI=1S/C2H2N4O5/c7-5(8)2-1-3-11-4(2)6(9)10/h1,3H. The first-order chi connectivity index (χ1) is 5.13. The molecule has 0 bridgehead atoms. The summed E-state index contributed by atoms with van der Waals surface area (Å²) in [6, 6.07) is 0. The van der Waals surface area contributed by atoms with Crippen molar-refractivity contribution in [2.45, 2.75) is 0 Å². The second-order valence-electron chi connectivity index (χ2n) is 1.48. The fourth-order valence-electron chi connectivity index (χ4n) is 0.471. The van der Waals surface area contributed by atoms with E-state index < -0.39 is 15.8 Å². The minimum Gasteiger partial charge on any atom is -0.358 e. The zero-order chi connectivity index (χ0) is 8.43. The molecule has 60 valence electrons. The molecule has 0 radical (unpaired) electrons. The van der Waals surface area contributed by atoms with Crippen LogP contribution < -0.4 is 5.48 Å². The fraction of sp³-hybridized carbons (Fsp3) is 0. The summed E-state index contributed by atoms with van der Waals surface area (Å²) in [6.07, 6.45) is 0.767. The van der Waals surface area contributed by atoms with Crippen LogP contribution in [0.4, 0.5) is 0 Å². The van der Waals surface area contributed by atoms with E-state index >= 15 is 0 Å². The van der Waals surface area contributed by atoms with Gasteiger partial charge in [0.15, 0.2) is 0 Å². The van der Waals surface area contributed by atoms with E-state index in [2.05, 4.69) is 4.94 Å². The third kappa shape index (κ3) is 1.16. The van der Waals surface area contributed by atoms with Gasteiger partial charge in [0.25, 0.3) is 5.03 Å². The van der Waals surface area contributed by atoms with Gasteiger partial charge >= 0.3 is 5.82 Å². The first-order valence-corrected chi connectivity index (χ1v) is 2.34. The van der Waals surface area contributed by atoms with Crippen LogP contribution in [0.3, 0.4) is 0 Å². The molecule has 9 heteroatoms. The predicted molar refractivity (Wildman–Crippen MR) is 28.1 cm³/mol. The van der Waals surface area contributed by atoms with Gasteiger partial charge in [0.2, 0.25) is 5.17 Å². The molecule has 1 rings (SSSR count). The summed E-state index contributed by atoms with van der Waals surface area (Å²) in [5.41, 5.74) is 1.87. The van der Waals surface area contributed by atoms with Crippen molar-refractivity contribution in [2.75, 3.05) is 0 Å². The van der Waals surface area contributed by atoms with Crippen LogP contribution in [0, 0.1) is 20.2 Å². The van der Waals surface area contributed by atoms with E-state index in [0.29, 0.717) is 0 Å². The van der Waals surface area contributed by atoms with Gasteiger partial charge in [-0.05, 0) is 9.86 Å². The molecule has 9 nitrogen and oxygen atoms in total. The lowest BCUT2D eigenvalue weighted by atomic mass is 10.8. The highest BCUT2D eigenvalue weighted by atomic mass is 16.9. The Kier molecular flexibility index (Phi) is 1.56. The van der Waals surface area contributed by atoms with Crippen molar-refractivity contribution in [3.05, 3.63) is 32.2 Å². The molecule has 1 aliphatic heterocycles. The SMILES string of the molecule is O=[N+]([O-])C1=CNON1[N+](=O)[O-]. The molecular formula is C2H2N4O5. The van der Waals surface area contributed by atoms with Crippen molar-refractivity contribution < 1.29 is 14.9 Å². The van der Waals surface area contributed by atoms with E-state index in [4.69, 9.17) is 0 Å². The third-order valence-corrected chi connectivity index (χ3v) is 0.859. The molecule has 0 amide bonds. The Morgan fingerprint density at radius 3 is 2.55 bits per heavy atom. The summed E-state index contributed by atoms with van der Waals surface area (Å²) in [7, 11) is 0. The zero-order valence-electron chi connectivity index (χ0n) is 4.96.